The number of rotatable bonds is 4. The van der Waals surface area contributed by atoms with E-state index in [1.54, 1.807) is 18.2 Å². The van der Waals surface area contributed by atoms with Crippen LogP contribution >= 0.6 is 15.9 Å². The molecule has 0 aliphatic rings. The topological polar surface area (TPSA) is 52.6 Å². The maximum absolute atomic E-state index is 11.2. The minimum absolute atomic E-state index is 0.0101. The molecule has 1 aromatic carbocycles. The van der Waals surface area contributed by atoms with E-state index in [-0.39, 0.29) is 12.4 Å². The van der Waals surface area contributed by atoms with Crippen LogP contribution in [0.5, 0.6) is 5.75 Å². The normalized spacial score (nSPS) is 9.69. The van der Waals surface area contributed by atoms with Gasteiger partial charge in [-0.1, -0.05) is 0 Å². The van der Waals surface area contributed by atoms with E-state index in [0.717, 1.165) is 0 Å². The van der Waals surface area contributed by atoms with Crippen molar-refractivity contribution in [3.63, 3.8) is 0 Å². The lowest BCUT2D eigenvalue weighted by Gasteiger charge is -2.07. The quantitative estimate of drug-likeness (QED) is 0.797. The Morgan fingerprint density at radius 2 is 2.06 bits per heavy atom. The smallest absolute Gasteiger partial charge is 0.337 e. The van der Waals surface area contributed by atoms with E-state index in [2.05, 4.69) is 20.7 Å². The summed E-state index contributed by atoms with van der Waals surface area (Å²) in [5.74, 6) is 0.0330. The minimum atomic E-state index is -0.418. The Balaban J connectivity index is 2.83. The van der Waals surface area contributed by atoms with Crippen molar-refractivity contribution in [1.82, 2.24) is 0 Å². The molecule has 16 heavy (non-hydrogen) atoms. The van der Waals surface area contributed by atoms with E-state index < -0.39 is 5.97 Å². The number of hydrogen-bond acceptors (Lipinski definition) is 4. The Bertz CT molecular complexity index is 414. The number of ether oxygens (including phenoxy) is 2. The third-order valence-corrected chi connectivity index (χ3v) is 2.40. The Morgan fingerprint density at radius 3 is 2.56 bits per heavy atom. The maximum Gasteiger partial charge on any atom is 0.337 e. The molecule has 0 atom stereocenters. The predicted molar refractivity (Wildman–Crippen MR) is 61.7 cm³/mol. The van der Waals surface area contributed by atoms with Crippen LogP contribution in [0.3, 0.4) is 0 Å². The highest BCUT2D eigenvalue weighted by Crippen LogP contribution is 2.26. The molecule has 0 saturated heterocycles. The summed E-state index contributed by atoms with van der Waals surface area (Å²) in [6, 6.07) is 4.77. The van der Waals surface area contributed by atoms with Crippen LogP contribution in [-0.4, -0.2) is 25.5 Å². The summed E-state index contributed by atoms with van der Waals surface area (Å²) < 4.78 is 10.4. The SMILES string of the molecule is COC(=O)c1ccc(OCC(C)=O)c(Br)c1. The zero-order valence-corrected chi connectivity index (χ0v) is 10.5. The van der Waals surface area contributed by atoms with Gasteiger partial charge in [-0.25, -0.2) is 4.79 Å². The molecule has 86 valence electrons. The van der Waals surface area contributed by atoms with Crippen molar-refractivity contribution in [2.75, 3.05) is 13.7 Å². The highest BCUT2D eigenvalue weighted by Gasteiger charge is 2.09. The third kappa shape index (κ3) is 3.34. The molecular weight excluding hydrogens is 276 g/mol. The van der Waals surface area contributed by atoms with Crippen molar-refractivity contribution in [1.29, 1.82) is 0 Å². The van der Waals surface area contributed by atoms with Gasteiger partial charge in [0.15, 0.2) is 5.78 Å². The van der Waals surface area contributed by atoms with Gasteiger partial charge in [-0.2, -0.15) is 0 Å². The first-order valence-corrected chi connectivity index (χ1v) is 5.34. The molecule has 0 saturated carbocycles. The fraction of sp³-hybridized carbons (Fsp3) is 0.273. The van der Waals surface area contributed by atoms with Crippen molar-refractivity contribution < 1.29 is 19.1 Å². The lowest BCUT2D eigenvalue weighted by atomic mass is 10.2. The molecule has 0 fully saturated rings. The number of carbonyl (C=O) groups excluding carboxylic acids is 2. The predicted octanol–water partition coefficient (Wildman–Crippen LogP) is 2.20. The second-order valence-corrected chi connectivity index (χ2v) is 3.98. The monoisotopic (exact) mass is 286 g/mol. The molecular formula is C11H11BrO4. The number of ketones is 1. The molecule has 4 nitrogen and oxygen atoms in total. The van der Waals surface area contributed by atoms with Crippen molar-refractivity contribution in [2.24, 2.45) is 0 Å². The Hall–Kier alpha value is -1.36. The van der Waals surface area contributed by atoms with Crippen LogP contribution in [0.25, 0.3) is 0 Å². The Kier molecular flexibility index (Phi) is 4.49. The maximum atomic E-state index is 11.2. The highest BCUT2D eigenvalue weighted by atomic mass is 79.9. The number of Topliss-reactive ketones (excluding diaryl/α,β-unsaturated/α-hetero) is 1. The van der Waals surface area contributed by atoms with Crippen molar-refractivity contribution in [2.45, 2.75) is 6.92 Å². The van der Waals surface area contributed by atoms with Gasteiger partial charge in [0.1, 0.15) is 12.4 Å². The van der Waals surface area contributed by atoms with Crippen molar-refractivity contribution >= 4 is 27.7 Å². The lowest BCUT2D eigenvalue weighted by Crippen LogP contribution is -2.07. The van der Waals surface area contributed by atoms with Crippen molar-refractivity contribution in [3.05, 3.63) is 28.2 Å². The highest BCUT2D eigenvalue weighted by molar-refractivity contribution is 9.10. The summed E-state index contributed by atoms with van der Waals surface area (Å²) in [4.78, 5) is 21.9. The summed E-state index contributed by atoms with van der Waals surface area (Å²) in [6.07, 6.45) is 0. The van der Waals surface area contributed by atoms with Gasteiger partial charge in [0, 0.05) is 0 Å². The van der Waals surface area contributed by atoms with E-state index in [1.165, 1.54) is 14.0 Å². The first kappa shape index (κ1) is 12.7. The second-order valence-electron chi connectivity index (χ2n) is 3.13. The number of benzene rings is 1. The zero-order chi connectivity index (χ0) is 12.1. The van der Waals surface area contributed by atoms with Crippen LogP contribution in [0, 0.1) is 0 Å². The molecule has 0 heterocycles. The van der Waals surface area contributed by atoms with E-state index in [4.69, 9.17) is 4.74 Å². The first-order chi connectivity index (χ1) is 7.54. The standard InChI is InChI=1S/C11H11BrO4/c1-7(13)6-16-10-4-3-8(5-9(10)12)11(14)15-2/h3-5H,6H2,1-2H3. The van der Waals surface area contributed by atoms with Gasteiger partial charge in [-0.15, -0.1) is 0 Å². The van der Waals surface area contributed by atoms with Gasteiger partial charge in [-0.3, -0.25) is 4.79 Å². The average Bonchev–Trinajstić information content (AvgIpc) is 2.26. The molecule has 0 aromatic heterocycles. The summed E-state index contributed by atoms with van der Waals surface area (Å²) in [7, 11) is 1.32. The van der Waals surface area contributed by atoms with Crippen LogP contribution in [0.4, 0.5) is 0 Å². The van der Waals surface area contributed by atoms with Gasteiger partial charge in [0.25, 0.3) is 0 Å². The van der Waals surface area contributed by atoms with E-state index in [1.807, 2.05) is 0 Å². The van der Waals surface area contributed by atoms with Crippen LogP contribution in [0.15, 0.2) is 22.7 Å². The number of esters is 1. The molecule has 0 aliphatic carbocycles. The molecule has 0 spiro atoms. The molecule has 0 unspecified atom stereocenters. The van der Waals surface area contributed by atoms with Crippen molar-refractivity contribution in [3.8, 4) is 5.75 Å². The van der Waals surface area contributed by atoms with Gasteiger partial charge in [0.05, 0.1) is 17.1 Å². The van der Waals surface area contributed by atoms with Gasteiger partial charge in [-0.05, 0) is 41.1 Å². The van der Waals surface area contributed by atoms with E-state index in [0.29, 0.717) is 15.8 Å². The van der Waals surface area contributed by atoms with Gasteiger partial charge >= 0.3 is 5.97 Å². The third-order valence-electron chi connectivity index (χ3n) is 1.78. The van der Waals surface area contributed by atoms with E-state index in [9.17, 15) is 9.59 Å². The van der Waals surface area contributed by atoms with Gasteiger partial charge < -0.3 is 9.47 Å². The molecule has 0 radical (unpaired) electrons. The summed E-state index contributed by atoms with van der Waals surface area (Å²) >= 11 is 3.25. The average molecular weight is 287 g/mol. The number of halogens is 1. The second kappa shape index (κ2) is 5.65. The number of hydrogen-bond donors (Lipinski definition) is 0. The van der Waals surface area contributed by atoms with Gasteiger partial charge in [0.2, 0.25) is 0 Å². The number of methoxy groups -OCH3 is 1. The molecule has 0 amide bonds. The van der Waals surface area contributed by atoms with Crippen LogP contribution < -0.4 is 4.74 Å². The van der Waals surface area contributed by atoms with Crippen LogP contribution in [-0.2, 0) is 9.53 Å². The van der Waals surface area contributed by atoms with E-state index >= 15 is 0 Å². The molecule has 1 rings (SSSR count). The first-order valence-electron chi connectivity index (χ1n) is 4.54. The molecule has 5 heteroatoms. The molecule has 0 N–H and O–H groups in total. The fourth-order valence-corrected chi connectivity index (χ4v) is 1.54. The summed E-state index contributed by atoms with van der Waals surface area (Å²) in [5.41, 5.74) is 0.421. The molecule has 0 aliphatic heterocycles. The largest absolute Gasteiger partial charge is 0.485 e. The minimum Gasteiger partial charge on any atom is -0.485 e. The fourth-order valence-electron chi connectivity index (χ4n) is 1.04. The Morgan fingerprint density at radius 1 is 1.38 bits per heavy atom. The zero-order valence-electron chi connectivity index (χ0n) is 8.95. The summed E-state index contributed by atoms with van der Waals surface area (Å²) in [6.45, 7) is 1.45. The van der Waals surface area contributed by atoms with Crippen LogP contribution in [0.1, 0.15) is 17.3 Å². The number of carbonyl (C=O) groups is 2. The Labute approximate surface area is 102 Å². The lowest BCUT2D eigenvalue weighted by molar-refractivity contribution is -0.118. The molecule has 1 aromatic rings. The molecule has 0 bridgehead atoms. The van der Waals surface area contributed by atoms with Crippen LogP contribution in [0.2, 0.25) is 0 Å². The summed E-state index contributed by atoms with van der Waals surface area (Å²) in [5, 5.41) is 0.